The number of carbonyl (C=O) groups excluding carboxylic acids is 1. The molecule has 2 aromatic rings. The average Bonchev–Trinajstić information content (AvgIpc) is 2.68. The summed E-state index contributed by atoms with van der Waals surface area (Å²) in [6, 6.07) is 10.7. The van der Waals surface area contributed by atoms with Gasteiger partial charge in [-0.1, -0.05) is 0 Å². The van der Waals surface area contributed by atoms with Gasteiger partial charge in [-0.25, -0.2) is 8.42 Å². The molecule has 0 bridgehead atoms. The number of Topliss-reactive ketones (excluding diaryl/α,β-unsaturated/α-hetero) is 1. The lowest BCUT2D eigenvalue weighted by atomic mass is 9.89. The second-order valence-corrected chi connectivity index (χ2v) is 9.88. The maximum Gasteiger partial charge on any atom is 0.229 e. The maximum absolute atomic E-state index is 12.7. The van der Waals surface area contributed by atoms with Crippen LogP contribution in [0.3, 0.4) is 0 Å². The highest BCUT2D eigenvalue weighted by atomic mass is 32.2. The monoisotopic (exact) mass is 419 g/mol. The lowest BCUT2D eigenvalue weighted by molar-refractivity contribution is 0.0845. The molecule has 150 valence electrons. The molecule has 2 heterocycles. The quantitative estimate of drug-likeness (QED) is 0.523. The van der Waals surface area contributed by atoms with Crippen LogP contribution in [-0.4, -0.2) is 55.7 Å². The standard InChI is InChI=1S/C20H25N3O3S2/c1-28(25,26)22-18-4-2-16(3-5-18)20(24)17-8-12-23(13-9-17)14-15-27-19-6-10-21-11-7-19/h2-7,10-11,17,22H,8-9,12-15H2,1H3. The van der Waals surface area contributed by atoms with Crippen molar-refractivity contribution in [2.75, 3.05) is 36.4 Å². The van der Waals surface area contributed by atoms with Crippen LogP contribution < -0.4 is 4.72 Å². The van der Waals surface area contributed by atoms with E-state index < -0.39 is 10.0 Å². The summed E-state index contributed by atoms with van der Waals surface area (Å²) in [6.07, 6.45) is 6.45. The van der Waals surface area contributed by atoms with Gasteiger partial charge in [0.15, 0.2) is 5.78 Å². The number of carbonyl (C=O) groups is 1. The number of pyridine rings is 1. The van der Waals surface area contributed by atoms with Crippen molar-refractivity contribution in [3.63, 3.8) is 0 Å². The number of aromatic nitrogens is 1. The van der Waals surface area contributed by atoms with Gasteiger partial charge < -0.3 is 4.90 Å². The molecule has 8 heteroatoms. The van der Waals surface area contributed by atoms with Crippen LogP contribution in [0.25, 0.3) is 0 Å². The number of nitrogens with zero attached hydrogens (tertiary/aromatic N) is 2. The summed E-state index contributed by atoms with van der Waals surface area (Å²) >= 11 is 1.83. The predicted molar refractivity (Wildman–Crippen MR) is 113 cm³/mol. The molecule has 0 aliphatic carbocycles. The van der Waals surface area contributed by atoms with Gasteiger partial charge in [-0.3, -0.25) is 14.5 Å². The molecule has 0 atom stereocenters. The van der Waals surface area contributed by atoms with Crippen LogP contribution in [0.2, 0.25) is 0 Å². The van der Waals surface area contributed by atoms with Crippen molar-refractivity contribution in [2.24, 2.45) is 5.92 Å². The lowest BCUT2D eigenvalue weighted by Gasteiger charge is -2.31. The van der Waals surface area contributed by atoms with Crippen LogP contribution in [-0.2, 0) is 10.0 Å². The molecule has 1 N–H and O–H groups in total. The number of thioether (sulfide) groups is 1. The third kappa shape index (κ3) is 6.32. The number of nitrogens with one attached hydrogen (secondary N) is 1. The van der Waals surface area contributed by atoms with Gasteiger partial charge in [-0.05, 0) is 62.3 Å². The number of hydrogen-bond acceptors (Lipinski definition) is 6. The third-order valence-corrected chi connectivity index (χ3v) is 6.36. The topological polar surface area (TPSA) is 79.4 Å². The van der Waals surface area contributed by atoms with E-state index in [2.05, 4.69) is 14.6 Å². The van der Waals surface area contributed by atoms with Crippen LogP contribution >= 0.6 is 11.8 Å². The minimum absolute atomic E-state index is 0.0396. The summed E-state index contributed by atoms with van der Waals surface area (Å²) in [5.41, 5.74) is 1.12. The van der Waals surface area contributed by atoms with Crippen molar-refractivity contribution in [2.45, 2.75) is 17.7 Å². The van der Waals surface area contributed by atoms with Gasteiger partial charge in [0.05, 0.1) is 6.26 Å². The fourth-order valence-corrected chi connectivity index (χ4v) is 4.76. The molecule has 0 saturated carbocycles. The fraction of sp³-hybridized carbons (Fsp3) is 0.400. The van der Waals surface area contributed by atoms with E-state index in [0.29, 0.717) is 11.3 Å². The van der Waals surface area contributed by atoms with Gasteiger partial charge in [0.1, 0.15) is 0 Å². The number of anilines is 1. The molecule has 1 aliphatic rings. The smallest absolute Gasteiger partial charge is 0.229 e. The summed E-state index contributed by atoms with van der Waals surface area (Å²) in [7, 11) is -3.31. The Morgan fingerprint density at radius 3 is 2.39 bits per heavy atom. The molecule has 0 spiro atoms. The van der Waals surface area contributed by atoms with Crippen LogP contribution in [0.1, 0.15) is 23.2 Å². The van der Waals surface area contributed by atoms with E-state index in [9.17, 15) is 13.2 Å². The molecule has 0 unspecified atom stereocenters. The van der Waals surface area contributed by atoms with E-state index in [0.717, 1.165) is 44.5 Å². The normalized spacial score (nSPS) is 16.0. The molecule has 1 fully saturated rings. The Morgan fingerprint density at radius 1 is 1.14 bits per heavy atom. The number of ketones is 1. The lowest BCUT2D eigenvalue weighted by Crippen LogP contribution is -2.37. The summed E-state index contributed by atoms with van der Waals surface area (Å²) in [5, 5.41) is 0. The Bertz CT molecular complexity index is 879. The fourth-order valence-electron chi connectivity index (χ4n) is 3.30. The van der Waals surface area contributed by atoms with E-state index in [1.54, 1.807) is 24.3 Å². The van der Waals surface area contributed by atoms with Gasteiger partial charge in [0.25, 0.3) is 0 Å². The number of sulfonamides is 1. The number of likely N-dealkylation sites (tertiary alicyclic amines) is 1. The first kappa shape index (κ1) is 20.8. The Morgan fingerprint density at radius 2 is 1.79 bits per heavy atom. The zero-order valence-electron chi connectivity index (χ0n) is 15.9. The molecule has 1 saturated heterocycles. The van der Waals surface area contributed by atoms with Gasteiger partial charge in [-0.15, -0.1) is 11.8 Å². The third-order valence-electron chi connectivity index (χ3n) is 4.76. The summed E-state index contributed by atoms with van der Waals surface area (Å²) in [4.78, 5) is 20.4. The highest BCUT2D eigenvalue weighted by Crippen LogP contribution is 2.24. The summed E-state index contributed by atoms with van der Waals surface area (Å²) in [6.45, 7) is 2.88. The van der Waals surface area contributed by atoms with Gasteiger partial charge in [-0.2, -0.15) is 0 Å². The predicted octanol–water partition coefficient (Wildman–Crippen LogP) is 3.14. The Labute approximate surface area is 170 Å². The van der Waals surface area contributed by atoms with Crippen molar-refractivity contribution in [3.05, 3.63) is 54.4 Å². The first-order valence-corrected chi connectivity index (χ1v) is 12.2. The van der Waals surface area contributed by atoms with Crippen molar-refractivity contribution in [3.8, 4) is 0 Å². The van der Waals surface area contributed by atoms with Crippen molar-refractivity contribution in [1.29, 1.82) is 0 Å². The van der Waals surface area contributed by atoms with Crippen molar-refractivity contribution in [1.82, 2.24) is 9.88 Å². The Kier molecular flexibility index (Phi) is 7.09. The van der Waals surface area contributed by atoms with Gasteiger partial charge in [0, 0.05) is 46.8 Å². The van der Waals surface area contributed by atoms with Crippen molar-refractivity contribution >= 4 is 33.3 Å². The maximum atomic E-state index is 12.7. The molecule has 1 aliphatic heterocycles. The van der Waals surface area contributed by atoms with Gasteiger partial charge >= 0.3 is 0 Å². The molecule has 28 heavy (non-hydrogen) atoms. The zero-order chi connectivity index (χ0) is 20.0. The van der Waals surface area contributed by atoms with Crippen LogP contribution in [0.5, 0.6) is 0 Å². The van der Waals surface area contributed by atoms with Crippen LogP contribution in [0.4, 0.5) is 5.69 Å². The number of piperidine rings is 1. The minimum atomic E-state index is -3.31. The van der Waals surface area contributed by atoms with E-state index in [1.807, 2.05) is 36.3 Å². The minimum Gasteiger partial charge on any atom is -0.302 e. The van der Waals surface area contributed by atoms with E-state index in [1.165, 1.54) is 4.90 Å². The Balaban J connectivity index is 1.44. The van der Waals surface area contributed by atoms with E-state index >= 15 is 0 Å². The Hall–Kier alpha value is -1.90. The molecule has 0 radical (unpaired) electrons. The highest BCUT2D eigenvalue weighted by molar-refractivity contribution is 7.99. The molecule has 3 rings (SSSR count). The molecule has 6 nitrogen and oxygen atoms in total. The summed E-state index contributed by atoms with van der Waals surface area (Å²) < 4.78 is 24.9. The number of benzene rings is 1. The van der Waals surface area contributed by atoms with Gasteiger partial charge in [0.2, 0.25) is 10.0 Å². The summed E-state index contributed by atoms with van der Waals surface area (Å²) in [5.74, 6) is 1.21. The molecule has 0 amide bonds. The SMILES string of the molecule is CS(=O)(=O)Nc1ccc(C(=O)C2CCN(CCSc3ccncc3)CC2)cc1. The average molecular weight is 420 g/mol. The van der Waals surface area contributed by atoms with Crippen LogP contribution in [0, 0.1) is 5.92 Å². The molecular formula is C20H25N3O3S2. The van der Waals surface area contributed by atoms with Crippen molar-refractivity contribution < 1.29 is 13.2 Å². The first-order chi connectivity index (χ1) is 13.4. The van der Waals surface area contributed by atoms with E-state index in [-0.39, 0.29) is 11.7 Å². The molecule has 1 aromatic carbocycles. The molecular weight excluding hydrogens is 394 g/mol. The zero-order valence-corrected chi connectivity index (χ0v) is 17.5. The first-order valence-electron chi connectivity index (χ1n) is 9.28. The highest BCUT2D eigenvalue weighted by Gasteiger charge is 2.25. The molecule has 1 aromatic heterocycles. The number of hydrogen-bond donors (Lipinski definition) is 1. The largest absolute Gasteiger partial charge is 0.302 e. The second kappa shape index (κ2) is 9.54. The second-order valence-electron chi connectivity index (χ2n) is 6.96. The van der Waals surface area contributed by atoms with Crippen LogP contribution in [0.15, 0.2) is 53.7 Å². The van der Waals surface area contributed by atoms with E-state index in [4.69, 9.17) is 0 Å². The number of rotatable bonds is 8.